The lowest BCUT2D eigenvalue weighted by Crippen LogP contribution is -2.52. The fourth-order valence-electron chi connectivity index (χ4n) is 2.67. The van der Waals surface area contributed by atoms with E-state index in [0.29, 0.717) is 37.7 Å². The van der Waals surface area contributed by atoms with Gasteiger partial charge in [-0.3, -0.25) is 4.79 Å². The molecule has 8 heteroatoms. The lowest BCUT2D eigenvalue weighted by atomic mass is 10.0. The highest BCUT2D eigenvalue weighted by molar-refractivity contribution is 7.89. The Hall–Kier alpha value is -1.15. The van der Waals surface area contributed by atoms with E-state index >= 15 is 0 Å². The number of aryl methyl sites for hydroxylation is 1. The zero-order chi connectivity index (χ0) is 18.6. The molecule has 1 aliphatic heterocycles. The molecule has 1 atom stereocenters. The monoisotopic (exact) mass is 388 g/mol. The fraction of sp³-hybridized carbons (Fsp3) is 0.588. The normalized spacial score (nSPS) is 16.9. The van der Waals surface area contributed by atoms with Crippen LogP contribution in [0.3, 0.4) is 0 Å². The number of hydrogen-bond donors (Lipinski definition) is 1. The molecule has 2 rings (SSSR count). The number of rotatable bonds is 6. The number of nitrogens with zero attached hydrogens (tertiary/aromatic N) is 1. The van der Waals surface area contributed by atoms with Crippen molar-refractivity contribution in [2.45, 2.75) is 38.1 Å². The lowest BCUT2D eigenvalue weighted by Gasteiger charge is -2.31. The van der Waals surface area contributed by atoms with E-state index in [1.807, 2.05) is 13.8 Å². The molecule has 0 unspecified atom stereocenters. The SMILES string of the molecule is Cc1ccc(S(=O)(=O)N[C@@H](CC(C)C)C(=O)N2CCOCC2)cc1Cl. The number of carbonyl (C=O) groups excluding carboxylic acids is 1. The van der Waals surface area contributed by atoms with E-state index < -0.39 is 16.1 Å². The smallest absolute Gasteiger partial charge is 0.241 e. The van der Waals surface area contributed by atoms with Crippen LogP contribution >= 0.6 is 11.6 Å². The van der Waals surface area contributed by atoms with Gasteiger partial charge in [0.25, 0.3) is 0 Å². The Labute approximate surface area is 154 Å². The van der Waals surface area contributed by atoms with Gasteiger partial charge < -0.3 is 9.64 Å². The second-order valence-corrected chi connectivity index (χ2v) is 8.77. The molecule has 1 amide bonds. The van der Waals surface area contributed by atoms with Crippen molar-refractivity contribution in [2.24, 2.45) is 5.92 Å². The number of carbonyl (C=O) groups is 1. The van der Waals surface area contributed by atoms with Crippen LogP contribution in [0.25, 0.3) is 0 Å². The average Bonchev–Trinajstić information content (AvgIpc) is 2.56. The van der Waals surface area contributed by atoms with Crippen LogP contribution in [0.1, 0.15) is 25.8 Å². The van der Waals surface area contributed by atoms with Crippen molar-refractivity contribution < 1.29 is 17.9 Å². The predicted molar refractivity (Wildman–Crippen MR) is 97.2 cm³/mol. The molecule has 6 nitrogen and oxygen atoms in total. The highest BCUT2D eigenvalue weighted by atomic mass is 35.5. The molecule has 25 heavy (non-hydrogen) atoms. The number of ether oxygens (including phenoxy) is 1. The van der Waals surface area contributed by atoms with Crippen LogP contribution in [-0.4, -0.2) is 51.6 Å². The highest BCUT2D eigenvalue weighted by Crippen LogP contribution is 2.21. The van der Waals surface area contributed by atoms with E-state index in [9.17, 15) is 13.2 Å². The molecule has 1 aromatic carbocycles. The van der Waals surface area contributed by atoms with Crippen molar-refractivity contribution in [1.29, 1.82) is 0 Å². The summed E-state index contributed by atoms with van der Waals surface area (Å²) in [5.41, 5.74) is 0.795. The Morgan fingerprint density at radius 2 is 1.96 bits per heavy atom. The Morgan fingerprint density at radius 3 is 2.52 bits per heavy atom. The zero-order valence-electron chi connectivity index (χ0n) is 14.8. The summed E-state index contributed by atoms with van der Waals surface area (Å²) < 4.78 is 33.2. The molecule has 0 spiro atoms. The van der Waals surface area contributed by atoms with E-state index in [1.54, 1.807) is 17.9 Å². The van der Waals surface area contributed by atoms with Crippen LogP contribution in [-0.2, 0) is 19.6 Å². The van der Waals surface area contributed by atoms with Gasteiger partial charge in [-0.05, 0) is 37.0 Å². The molecule has 0 bridgehead atoms. The van der Waals surface area contributed by atoms with Crippen molar-refractivity contribution in [2.75, 3.05) is 26.3 Å². The molecule has 1 aliphatic rings. The molecule has 0 radical (unpaired) electrons. The first-order valence-electron chi connectivity index (χ1n) is 8.35. The van der Waals surface area contributed by atoms with Gasteiger partial charge in [-0.1, -0.05) is 31.5 Å². The van der Waals surface area contributed by atoms with Gasteiger partial charge in [-0.2, -0.15) is 4.72 Å². The van der Waals surface area contributed by atoms with Gasteiger partial charge in [-0.25, -0.2) is 8.42 Å². The maximum atomic E-state index is 12.8. The summed E-state index contributed by atoms with van der Waals surface area (Å²) in [5.74, 6) is -0.0434. The van der Waals surface area contributed by atoms with Crippen molar-refractivity contribution in [3.63, 3.8) is 0 Å². The van der Waals surface area contributed by atoms with E-state index in [-0.39, 0.29) is 16.7 Å². The summed E-state index contributed by atoms with van der Waals surface area (Å²) in [6.07, 6.45) is 0.426. The maximum Gasteiger partial charge on any atom is 0.241 e. The minimum Gasteiger partial charge on any atom is -0.378 e. The molecule has 1 N–H and O–H groups in total. The van der Waals surface area contributed by atoms with E-state index in [0.717, 1.165) is 5.56 Å². The molecule has 0 aromatic heterocycles. The maximum absolute atomic E-state index is 12.8. The fourth-order valence-corrected chi connectivity index (χ4v) is 4.14. The first-order valence-corrected chi connectivity index (χ1v) is 10.2. The standard InChI is InChI=1S/C17H25ClN2O4S/c1-12(2)10-16(17(21)20-6-8-24-9-7-20)19-25(22,23)14-5-4-13(3)15(18)11-14/h4-5,11-12,16,19H,6-10H2,1-3H3/t16-/m0/s1. The summed E-state index contributed by atoms with van der Waals surface area (Å²) in [6, 6.07) is 3.75. The molecule has 1 aromatic rings. The topological polar surface area (TPSA) is 75.7 Å². The van der Waals surface area contributed by atoms with E-state index in [4.69, 9.17) is 16.3 Å². The lowest BCUT2D eigenvalue weighted by molar-refractivity contribution is -0.137. The van der Waals surface area contributed by atoms with Gasteiger partial charge in [-0.15, -0.1) is 0 Å². The number of amides is 1. The molecule has 0 saturated carbocycles. The van der Waals surface area contributed by atoms with E-state index in [2.05, 4.69) is 4.72 Å². The van der Waals surface area contributed by atoms with Gasteiger partial charge in [0.05, 0.1) is 18.1 Å². The van der Waals surface area contributed by atoms with Crippen LogP contribution in [0.2, 0.25) is 5.02 Å². The Kier molecular flexibility index (Phi) is 6.85. The third kappa shape index (κ3) is 5.41. The number of halogens is 1. The van der Waals surface area contributed by atoms with Crippen LogP contribution in [0.5, 0.6) is 0 Å². The summed E-state index contributed by atoms with van der Waals surface area (Å²) >= 11 is 6.04. The van der Waals surface area contributed by atoms with Gasteiger partial charge in [0.1, 0.15) is 6.04 Å². The number of nitrogens with one attached hydrogen (secondary N) is 1. The molecule has 1 heterocycles. The van der Waals surface area contributed by atoms with Crippen LogP contribution in [0, 0.1) is 12.8 Å². The van der Waals surface area contributed by atoms with Crippen LogP contribution < -0.4 is 4.72 Å². The quantitative estimate of drug-likeness (QED) is 0.810. The first-order chi connectivity index (χ1) is 11.7. The number of sulfonamides is 1. The van der Waals surface area contributed by atoms with Crippen LogP contribution in [0.15, 0.2) is 23.1 Å². The highest BCUT2D eigenvalue weighted by Gasteiger charge is 2.30. The molecule has 0 aliphatic carbocycles. The average molecular weight is 389 g/mol. The van der Waals surface area contributed by atoms with Gasteiger partial charge in [0.15, 0.2) is 0 Å². The minimum atomic E-state index is -3.84. The number of hydrogen-bond acceptors (Lipinski definition) is 4. The molecular weight excluding hydrogens is 364 g/mol. The second-order valence-electron chi connectivity index (χ2n) is 6.65. The molecule has 1 fully saturated rings. The summed E-state index contributed by atoms with van der Waals surface area (Å²) in [6.45, 7) is 7.61. The van der Waals surface area contributed by atoms with Gasteiger partial charge >= 0.3 is 0 Å². The molecule has 1 saturated heterocycles. The summed E-state index contributed by atoms with van der Waals surface area (Å²) in [5, 5.41) is 0.378. The van der Waals surface area contributed by atoms with Gasteiger partial charge in [0, 0.05) is 18.1 Å². The Bertz CT molecular complexity index is 715. The summed E-state index contributed by atoms with van der Waals surface area (Å²) in [4.78, 5) is 14.5. The predicted octanol–water partition coefficient (Wildman–Crippen LogP) is 2.20. The van der Waals surface area contributed by atoms with Crippen molar-refractivity contribution >= 4 is 27.5 Å². The number of morpholine rings is 1. The molecule has 140 valence electrons. The number of benzene rings is 1. The van der Waals surface area contributed by atoms with E-state index in [1.165, 1.54) is 12.1 Å². The van der Waals surface area contributed by atoms with Crippen molar-refractivity contribution in [1.82, 2.24) is 9.62 Å². The van der Waals surface area contributed by atoms with Crippen molar-refractivity contribution in [3.05, 3.63) is 28.8 Å². The Balaban J connectivity index is 2.22. The summed E-state index contributed by atoms with van der Waals surface area (Å²) in [7, 11) is -3.84. The first kappa shape index (κ1) is 20.2. The largest absolute Gasteiger partial charge is 0.378 e. The third-order valence-corrected chi connectivity index (χ3v) is 5.96. The zero-order valence-corrected chi connectivity index (χ0v) is 16.4. The van der Waals surface area contributed by atoms with Gasteiger partial charge in [0.2, 0.25) is 15.9 Å². The van der Waals surface area contributed by atoms with Crippen molar-refractivity contribution in [3.8, 4) is 0 Å². The third-order valence-electron chi connectivity index (χ3n) is 4.08. The molecular formula is C17H25ClN2O4S. The Morgan fingerprint density at radius 1 is 1.32 bits per heavy atom. The minimum absolute atomic E-state index is 0.0617. The van der Waals surface area contributed by atoms with Crippen LogP contribution in [0.4, 0.5) is 0 Å². The second kappa shape index (κ2) is 8.49.